The van der Waals surface area contributed by atoms with Crippen LogP contribution in [-0.2, 0) is 13.1 Å². The Balaban J connectivity index is 1.25. The van der Waals surface area contributed by atoms with Crippen LogP contribution in [0.15, 0.2) is 60.9 Å². The maximum atomic E-state index is 13.0. The molecule has 2 heterocycles. The van der Waals surface area contributed by atoms with Crippen molar-refractivity contribution in [1.82, 2.24) is 19.6 Å². The van der Waals surface area contributed by atoms with Gasteiger partial charge in [-0.05, 0) is 47.6 Å². The first-order chi connectivity index (χ1) is 14.5. The molecule has 1 N–H and O–H groups in total. The lowest BCUT2D eigenvalue weighted by Crippen LogP contribution is -2.49. The largest absolute Gasteiger partial charge is 0.346 e. The van der Waals surface area contributed by atoms with Crippen molar-refractivity contribution in [3.63, 3.8) is 0 Å². The zero-order chi connectivity index (χ0) is 20.9. The molecule has 0 radical (unpaired) electrons. The number of halogens is 2. The molecule has 1 saturated heterocycles. The first-order valence-corrected chi connectivity index (χ1v) is 10.3. The Morgan fingerprint density at radius 2 is 1.43 bits per heavy atom. The molecule has 0 amide bonds. The highest BCUT2D eigenvalue weighted by molar-refractivity contribution is 7.80. The lowest BCUT2D eigenvalue weighted by molar-refractivity contribution is 0.177. The van der Waals surface area contributed by atoms with E-state index in [-0.39, 0.29) is 11.6 Å². The van der Waals surface area contributed by atoms with Crippen LogP contribution < -0.4 is 5.32 Å². The first kappa shape index (κ1) is 20.4. The third-order valence-electron chi connectivity index (χ3n) is 5.12. The van der Waals surface area contributed by atoms with Crippen LogP contribution in [0.5, 0.6) is 0 Å². The minimum absolute atomic E-state index is 0.207. The molecule has 2 aromatic carbocycles. The number of aromatic nitrogens is 2. The van der Waals surface area contributed by atoms with Gasteiger partial charge in [0, 0.05) is 38.9 Å². The van der Waals surface area contributed by atoms with Crippen LogP contribution in [0.25, 0.3) is 0 Å². The summed E-state index contributed by atoms with van der Waals surface area (Å²) in [6.07, 6.45) is 3.63. The molecule has 0 aliphatic carbocycles. The predicted octanol–water partition coefficient (Wildman–Crippen LogP) is 3.72. The van der Waals surface area contributed by atoms with E-state index in [1.165, 1.54) is 24.3 Å². The molecule has 0 unspecified atom stereocenters. The normalized spacial score (nSPS) is 14.7. The Morgan fingerprint density at radius 3 is 2.03 bits per heavy atom. The van der Waals surface area contributed by atoms with Crippen molar-refractivity contribution in [3.8, 4) is 0 Å². The van der Waals surface area contributed by atoms with Crippen molar-refractivity contribution in [1.29, 1.82) is 0 Å². The lowest BCUT2D eigenvalue weighted by Gasteiger charge is -2.36. The molecule has 0 spiro atoms. The van der Waals surface area contributed by atoms with Crippen LogP contribution in [-0.4, -0.2) is 50.9 Å². The SMILES string of the molecule is Fc1ccc(CN2CCN(C(=S)Nc3cnn(Cc4ccc(F)cc4)c3)CC2)cc1. The summed E-state index contributed by atoms with van der Waals surface area (Å²) in [5.74, 6) is -0.453. The second kappa shape index (κ2) is 9.32. The number of piperazine rings is 1. The van der Waals surface area contributed by atoms with Crippen molar-refractivity contribution < 1.29 is 8.78 Å². The van der Waals surface area contributed by atoms with Gasteiger partial charge in [0.2, 0.25) is 0 Å². The molecule has 4 rings (SSSR count). The van der Waals surface area contributed by atoms with Gasteiger partial charge < -0.3 is 10.2 Å². The molecule has 30 heavy (non-hydrogen) atoms. The summed E-state index contributed by atoms with van der Waals surface area (Å²) in [6.45, 7) is 4.82. The standard InChI is InChI=1S/C22H23F2N5S/c23-19-5-1-17(2-6-19)14-27-9-11-28(12-10-27)22(30)26-21-13-25-29(16-21)15-18-3-7-20(24)8-4-18/h1-8,13,16H,9-12,14-15H2,(H,26,30). The van der Waals surface area contributed by atoms with Crippen molar-refractivity contribution in [2.45, 2.75) is 13.1 Å². The number of hydrogen-bond acceptors (Lipinski definition) is 3. The molecule has 1 aliphatic heterocycles. The summed E-state index contributed by atoms with van der Waals surface area (Å²) in [7, 11) is 0. The number of thiocarbonyl (C=S) groups is 1. The molecule has 1 aromatic heterocycles. The van der Waals surface area contributed by atoms with E-state index < -0.39 is 0 Å². The number of anilines is 1. The number of nitrogens with one attached hydrogen (secondary N) is 1. The number of nitrogens with zero attached hydrogens (tertiary/aromatic N) is 4. The number of rotatable bonds is 5. The Kier molecular flexibility index (Phi) is 6.35. The smallest absolute Gasteiger partial charge is 0.173 e. The molecular formula is C22H23F2N5S. The Hall–Kier alpha value is -2.84. The van der Waals surface area contributed by atoms with Crippen LogP contribution in [0.1, 0.15) is 11.1 Å². The summed E-state index contributed by atoms with van der Waals surface area (Å²) in [5, 5.41) is 8.27. The van der Waals surface area contributed by atoms with Crippen molar-refractivity contribution in [2.24, 2.45) is 0 Å². The summed E-state index contributed by atoms with van der Waals surface area (Å²) in [4.78, 5) is 4.49. The van der Waals surface area contributed by atoms with E-state index >= 15 is 0 Å². The minimum Gasteiger partial charge on any atom is -0.346 e. The second-order valence-electron chi connectivity index (χ2n) is 7.37. The fourth-order valence-corrected chi connectivity index (χ4v) is 3.75. The van der Waals surface area contributed by atoms with Crippen LogP contribution in [0.2, 0.25) is 0 Å². The van der Waals surface area contributed by atoms with Crippen LogP contribution >= 0.6 is 12.2 Å². The zero-order valence-electron chi connectivity index (χ0n) is 16.5. The average Bonchev–Trinajstić information content (AvgIpc) is 3.18. The molecular weight excluding hydrogens is 404 g/mol. The van der Waals surface area contributed by atoms with Gasteiger partial charge in [0.25, 0.3) is 0 Å². The number of hydrogen-bond donors (Lipinski definition) is 1. The topological polar surface area (TPSA) is 36.3 Å². The molecule has 1 aliphatic rings. The lowest BCUT2D eigenvalue weighted by atomic mass is 10.2. The summed E-state index contributed by atoms with van der Waals surface area (Å²) < 4.78 is 27.9. The molecule has 0 saturated carbocycles. The third-order valence-corrected chi connectivity index (χ3v) is 5.48. The Labute approximate surface area is 179 Å². The Morgan fingerprint density at radius 1 is 0.867 bits per heavy atom. The van der Waals surface area contributed by atoms with E-state index in [0.29, 0.717) is 11.7 Å². The van der Waals surface area contributed by atoms with Crippen molar-refractivity contribution in [3.05, 3.63) is 83.7 Å². The van der Waals surface area contributed by atoms with Gasteiger partial charge in [-0.2, -0.15) is 5.10 Å². The van der Waals surface area contributed by atoms with Gasteiger partial charge in [0.1, 0.15) is 11.6 Å². The van der Waals surface area contributed by atoms with E-state index in [1.54, 1.807) is 23.0 Å². The highest BCUT2D eigenvalue weighted by Crippen LogP contribution is 2.13. The molecule has 1 fully saturated rings. The maximum Gasteiger partial charge on any atom is 0.173 e. The van der Waals surface area contributed by atoms with Gasteiger partial charge in [-0.15, -0.1) is 0 Å². The Bertz CT molecular complexity index is 980. The summed E-state index contributed by atoms with van der Waals surface area (Å²) in [5.41, 5.74) is 2.92. The minimum atomic E-state index is -0.246. The fourth-order valence-electron chi connectivity index (χ4n) is 3.45. The van der Waals surface area contributed by atoms with Gasteiger partial charge >= 0.3 is 0 Å². The molecule has 3 aromatic rings. The zero-order valence-corrected chi connectivity index (χ0v) is 17.3. The third kappa shape index (κ3) is 5.40. The molecule has 5 nitrogen and oxygen atoms in total. The van der Waals surface area contributed by atoms with E-state index in [4.69, 9.17) is 12.2 Å². The van der Waals surface area contributed by atoms with Crippen LogP contribution in [0.3, 0.4) is 0 Å². The quantitative estimate of drug-likeness (QED) is 0.628. The van der Waals surface area contributed by atoms with E-state index in [9.17, 15) is 8.78 Å². The van der Waals surface area contributed by atoms with Crippen LogP contribution in [0, 0.1) is 11.6 Å². The van der Waals surface area contributed by atoms with E-state index in [2.05, 4.69) is 20.2 Å². The van der Waals surface area contributed by atoms with Gasteiger partial charge in [0.15, 0.2) is 5.11 Å². The van der Waals surface area contributed by atoms with Crippen molar-refractivity contribution in [2.75, 3.05) is 31.5 Å². The average molecular weight is 428 g/mol. The van der Waals surface area contributed by atoms with Gasteiger partial charge in [-0.3, -0.25) is 9.58 Å². The fraction of sp³-hybridized carbons (Fsp3) is 0.273. The molecule has 156 valence electrons. The maximum absolute atomic E-state index is 13.0. The van der Waals surface area contributed by atoms with Gasteiger partial charge in [-0.25, -0.2) is 8.78 Å². The van der Waals surface area contributed by atoms with Crippen LogP contribution in [0.4, 0.5) is 14.5 Å². The monoisotopic (exact) mass is 427 g/mol. The van der Waals surface area contributed by atoms with Crippen molar-refractivity contribution >= 4 is 23.0 Å². The summed E-state index contributed by atoms with van der Waals surface area (Å²) >= 11 is 5.57. The summed E-state index contributed by atoms with van der Waals surface area (Å²) in [6, 6.07) is 13.1. The number of benzene rings is 2. The molecule has 8 heteroatoms. The second-order valence-corrected chi connectivity index (χ2v) is 7.76. The molecule has 0 bridgehead atoms. The molecule has 0 atom stereocenters. The predicted molar refractivity (Wildman–Crippen MR) is 117 cm³/mol. The van der Waals surface area contributed by atoms with E-state index in [0.717, 1.165) is 49.5 Å². The van der Waals surface area contributed by atoms with Gasteiger partial charge in [-0.1, -0.05) is 24.3 Å². The highest BCUT2D eigenvalue weighted by atomic mass is 32.1. The highest BCUT2D eigenvalue weighted by Gasteiger charge is 2.19. The van der Waals surface area contributed by atoms with E-state index in [1.807, 2.05) is 18.3 Å². The first-order valence-electron chi connectivity index (χ1n) is 9.85. The van der Waals surface area contributed by atoms with Gasteiger partial charge in [0.05, 0.1) is 18.4 Å².